The fourth-order valence-corrected chi connectivity index (χ4v) is 5.56. The van der Waals surface area contributed by atoms with Gasteiger partial charge in [0.25, 0.3) is 5.78 Å². The van der Waals surface area contributed by atoms with Crippen molar-refractivity contribution < 1.29 is 24.2 Å². The van der Waals surface area contributed by atoms with E-state index in [9.17, 15) is 19.5 Å². The van der Waals surface area contributed by atoms with Crippen LogP contribution in [0.4, 0.5) is 5.13 Å². The summed E-state index contributed by atoms with van der Waals surface area (Å²) >= 11 is 4.35. The molecule has 1 aliphatic rings. The summed E-state index contributed by atoms with van der Waals surface area (Å²) < 4.78 is 7.30. The number of rotatable bonds is 4. The zero-order valence-electron chi connectivity index (χ0n) is 19.4. The van der Waals surface area contributed by atoms with Crippen molar-refractivity contribution in [3.63, 3.8) is 0 Å². The number of halogens is 1. The number of fused-ring (bicyclic) bond motifs is 1. The van der Waals surface area contributed by atoms with Crippen LogP contribution in [0, 0.1) is 13.8 Å². The lowest BCUT2D eigenvalue weighted by molar-refractivity contribution is -0.132. The number of aliphatic hydroxyl groups is 1. The standard InChI is InChI=1S/C25H19BrN4O5S/c1-12-18(29-11-5-4-6-16(29)27-12)20(31)17-19(14-7-9-15(26)10-8-14)30(23(33)21(17)32)25-28-13(2)22(36-25)24(34)35-3/h4-11,19,31H,1-3H3. The van der Waals surface area contributed by atoms with Gasteiger partial charge in [0.05, 0.1) is 30.1 Å². The quantitative estimate of drug-likeness (QED) is 0.166. The highest BCUT2D eigenvalue weighted by molar-refractivity contribution is 9.10. The Labute approximate surface area is 217 Å². The highest BCUT2D eigenvalue weighted by Gasteiger charge is 2.49. The normalized spacial score (nSPS) is 17.2. The number of pyridine rings is 1. The molecule has 5 rings (SSSR count). The number of aryl methyl sites for hydroxylation is 2. The van der Waals surface area contributed by atoms with E-state index in [0.717, 1.165) is 15.8 Å². The van der Waals surface area contributed by atoms with Crippen LogP contribution in [0.1, 0.15) is 38.4 Å². The Hall–Kier alpha value is -3.83. The molecule has 9 nitrogen and oxygen atoms in total. The van der Waals surface area contributed by atoms with E-state index in [1.807, 2.05) is 6.07 Å². The molecule has 1 atom stereocenters. The first-order valence-electron chi connectivity index (χ1n) is 10.8. The van der Waals surface area contributed by atoms with Crippen LogP contribution in [-0.4, -0.2) is 44.2 Å². The molecule has 4 heterocycles. The molecule has 11 heteroatoms. The van der Waals surface area contributed by atoms with Gasteiger partial charge in [-0.25, -0.2) is 14.8 Å². The number of esters is 1. The average molecular weight is 567 g/mol. The Bertz CT molecular complexity index is 1590. The zero-order chi connectivity index (χ0) is 25.7. The molecule has 0 aliphatic carbocycles. The number of imidazole rings is 1. The highest BCUT2D eigenvalue weighted by atomic mass is 79.9. The number of anilines is 1. The van der Waals surface area contributed by atoms with Crippen molar-refractivity contribution in [3.8, 4) is 0 Å². The van der Waals surface area contributed by atoms with Crippen LogP contribution < -0.4 is 4.90 Å². The van der Waals surface area contributed by atoms with E-state index in [4.69, 9.17) is 4.74 Å². The van der Waals surface area contributed by atoms with E-state index in [2.05, 4.69) is 25.9 Å². The lowest BCUT2D eigenvalue weighted by Gasteiger charge is -2.23. The third-order valence-corrected chi connectivity index (χ3v) is 7.59. The summed E-state index contributed by atoms with van der Waals surface area (Å²) in [6, 6.07) is 11.5. The van der Waals surface area contributed by atoms with Crippen LogP contribution in [0.2, 0.25) is 0 Å². The molecule has 1 amide bonds. The molecule has 3 aromatic heterocycles. The number of ether oxygens (including phenoxy) is 1. The number of benzene rings is 1. The maximum absolute atomic E-state index is 13.4. The summed E-state index contributed by atoms with van der Waals surface area (Å²) in [7, 11) is 1.26. The number of ketones is 1. The highest BCUT2D eigenvalue weighted by Crippen LogP contribution is 2.44. The number of aliphatic hydroxyl groups excluding tert-OH is 1. The van der Waals surface area contributed by atoms with Gasteiger partial charge in [0.1, 0.15) is 16.2 Å². The van der Waals surface area contributed by atoms with Crippen molar-refractivity contribution in [2.45, 2.75) is 19.9 Å². The third kappa shape index (κ3) is 3.71. The molecular formula is C25H19BrN4O5S. The predicted octanol–water partition coefficient (Wildman–Crippen LogP) is 4.58. The van der Waals surface area contributed by atoms with Gasteiger partial charge in [0.2, 0.25) is 0 Å². The molecule has 1 aliphatic heterocycles. The molecule has 1 saturated heterocycles. The molecule has 1 aromatic carbocycles. The van der Waals surface area contributed by atoms with E-state index in [1.54, 1.807) is 60.8 Å². The van der Waals surface area contributed by atoms with Crippen molar-refractivity contribution in [1.82, 2.24) is 14.4 Å². The molecule has 0 saturated carbocycles. The molecule has 1 N–H and O–H groups in total. The van der Waals surface area contributed by atoms with Gasteiger partial charge in [-0.15, -0.1) is 0 Å². The fraction of sp³-hybridized carbons (Fsp3) is 0.160. The van der Waals surface area contributed by atoms with Crippen molar-refractivity contribution in [1.29, 1.82) is 0 Å². The Kier molecular flexibility index (Phi) is 5.97. The molecule has 0 radical (unpaired) electrons. The van der Waals surface area contributed by atoms with Crippen LogP contribution in [0.25, 0.3) is 11.4 Å². The smallest absolute Gasteiger partial charge is 0.350 e. The molecule has 182 valence electrons. The van der Waals surface area contributed by atoms with Gasteiger partial charge in [-0.1, -0.05) is 45.5 Å². The van der Waals surface area contributed by atoms with Gasteiger partial charge in [-0.3, -0.25) is 18.9 Å². The zero-order valence-corrected chi connectivity index (χ0v) is 21.8. The number of amides is 1. The van der Waals surface area contributed by atoms with E-state index in [0.29, 0.717) is 28.3 Å². The van der Waals surface area contributed by atoms with Gasteiger partial charge >= 0.3 is 11.9 Å². The van der Waals surface area contributed by atoms with E-state index in [1.165, 1.54) is 12.0 Å². The summed E-state index contributed by atoms with van der Waals surface area (Å²) in [6.45, 7) is 3.35. The monoisotopic (exact) mass is 566 g/mol. The van der Waals surface area contributed by atoms with Crippen LogP contribution >= 0.6 is 27.3 Å². The maximum atomic E-state index is 13.4. The first-order chi connectivity index (χ1) is 17.2. The van der Waals surface area contributed by atoms with Crippen LogP contribution in [-0.2, 0) is 14.3 Å². The molecule has 0 bridgehead atoms. The first-order valence-corrected chi connectivity index (χ1v) is 12.4. The predicted molar refractivity (Wildman–Crippen MR) is 137 cm³/mol. The molecule has 0 spiro atoms. The number of hydrogen-bond acceptors (Lipinski definition) is 8. The second kappa shape index (κ2) is 8.99. The maximum Gasteiger partial charge on any atom is 0.350 e. The van der Waals surface area contributed by atoms with Crippen molar-refractivity contribution in [3.05, 3.63) is 86.2 Å². The summed E-state index contributed by atoms with van der Waals surface area (Å²) in [6.07, 6.45) is 1.72. The number of nitrogens with zero attached hydrogens (tertiary/aromatic N) is 4. The Morgan fingerprint density at radius 2 is 1.81 bits per heavy atom. The number of hydrogen-bond donors (Lipinski definition) is 1. The van der Waals surface area contributed by atoms with Crippen molar-refractivity contribution >= 4 is 61.5 Å². The Morgan fingerprint density at radius 1 is 1.08 bits per heavy atom. The number of thiazole rings is 1. The van der Waals surface area contributed by atoms with Gasteiger partial charge < -0.3 is 9.84 Å². The van der Waals surface area contributed by atoms with Crippen LogP contribution in [0.5, 0.6) is 0 Å². The van der Waals surface area contributed by atoms with Crippen molar-refractivity contribution in [2.75, 3.05) is 12.0 Å². The number of carbonyl (C=O) groups is 3. The summed E-state index contributed by atoms with van der Waals surface area (Å²) in [5.41, 5.74) is 2.26. The third-order valence-electron chi connectivity index (χ3n) is 5.92. The average Bonchev–Trinajstić information content (AvgIpc) is 3.49. The lowest BCUT2D eigenvalue weighted by atomic mass is 9.96. The summed E-state index contributed by atoms with van der Waals surface area (Å²) in [5.74, 6) is -2.66. The largest absolute Gasteiger partial charge is 0.505 e. The van der Waals surface area contributed by atoms with E-state index < -0.39 is 23.7 Å². The first kappa shape index (κ1) is 23.9. The van der Waals surface area contributed by atoms with Crippen LogP contribution in [0.15, 0.2) is 58.7 Å². The van der Waals surface area contributed by atoms with Crippen LogP contribution in [0.3, 0.4) is 0 Å². The number of methoxy groups -OCH3 is 1. The van der Waals surface area contributed by atoms with Gasteiger partial charge in [0, 0.05) is 10.7 Å². The SMILES string of the molecule is COC(=O)c1sc(N2C(=O)C(=O)C(=C(O)c3c(C)nc4ccccn34)C2c2ccc(Br)cc2)nc1C. The van der Waals surface area contributed by atoms with Crippen molar-refractivity contribution in [2.24, 2.45) is 0 Å². The second-order valence-electron chi connectivity index (χ2n) is 8.10. The van der Waals surface area contributed by atoms with E-state index >= 15 is 0 Å². The number of Topliss-reactive ketones (excluding diaryl/α,β-unsaturated/α-hetero) is 1. The van der Waals surface area contributed by atoms with Gasteiger partial charge in [0.15, 0.2) is 10.9 Å². The molecule has 1 unspecified atom stereocenters. The molecular weight excluding hydrogens is 548 g/mol. The van der Waals surface area contributed by atoms with Gasteiger partial charge in [-0.2, -0.15) is 0 Å². The minimum Gasteiger partial charge on any atom is -0.505 e. The van der Waals surface area contributed by atoms with Gasteiger partial charge in [-0.05, 0) is 43.7 Å². The fourth-order valence-electron chi connectivity index (χ4n) is 4.28. The number of carbonyl (C=O) groups excluding carboxylic acids is 3. The molecule has 36 heavy (non-hydrogen) atoms. The topological polar surface area (TPSA) is 114 Å². The van der Waals surface area contributed by atoms with E-state index in [-0.39, 0.29) is 21.3 Å². The number of aromatic nitrogens is 3. The Balaban J connectivity index is 1.76. The Morgan fingerprint density at radius 3 is 2.50 bits per heavy atom. The molecule has 4 aromatic rings. The summed E-state index contributed by atoms with van der Waals surface area (Å²) in [4.78, 5) is 49.4. The minimum absolute atomic E-state index is 0.0939. The minimum atomic E-state index is -0.984. The second-order valence-corrected chi connectivity index (χ2v) is 9.99. The lowest BCUT2D eigenvalue weighted by Crippen LogP contribution is -2.29. The summed E-state index contributed by atoms with van der Waals surface area (Å²) in [5, 5.41) is 11.7. The molecule has 1 fully saturated rings.